The number of aliphatic imine (C=N–C) groups is 1. The number of halogens is 1. The number of nitrogens with zero attached hydrogens (tertiary/aromatic N) is 4. The Hall–Kier alpha value is -2.23. The monoisotopic (exact) mass is 511 g/mol. The summed E-state index contributed by atoms with van der Waals surface area (Å²) in [5.74, 6) is 3.54. The predicted molar refractivity (Wildman–Crippen MR) is 128 cm³/mol. The Morgan fingerprint density at radius 1 is 1.10 bits per heavy atom. The first kappa shape index (κ1) is 23.1. The van der Waals surface area contributed by atoms with E-state index < -0.39 is 0 Å². The van der Waals surface area contributed by atoms with Crippen LogP contribution in [0.3, 0.4) is 0 Å². The lowest BCUT2D eigenvalue weighted by Crippen LogP contribution is -2.52. The van der Waals surface area contributed by atoms with E-state index in [4.69, 9.17) is 14.5 Å². The number of hydrogen-bond donors (Lipinski definition) is 1. The van der Waals surface area contributed by atoms with Crippen LogP contribution in [-0.2, 0) is 6.54 Å². The summed E-state index contributed by atoms with van der Waals surface area (Å²) in [6, 6.07) is 11.9. The van der Waals surface area contributed by atoms with Gasteiger partial charge in [0.05, 0.1) is 20.8 Å². The number of hydrogen-bond acceptors (Lipinski definition) is 5. The lowest BCUT2D eigenvalue weighted by Gasteiger charge is -2.37. The van der Waals surface area contributed by atoms with Crippen LogP contribution in [0.25, 0.3) is 0 Å². The van der Waals surface area contributed by atoms with Crippen molar-refractivity contribution >= 4 is 35.8 Å². The van der Waals surface area contributed by atoms with Crippen LogP contribution >= 0.6 is 24.0 Å². The zero-order valence-electron chi connectivity index (χ0n) is 17.3. The molecule has 1 aromatic carbocycles. The van der Waals surface area contributed by atoms with E-state index in [-0.39, 0.29) is 24.0 Å². The molecule has 0 amide bonds. The van der Waals surface area contributed by atoms with E-state index in [1.54, 1.807) is 14.2 Å². The molecule has 0 spiro atoms. The average Bonchev–Trinajstić information content (AvgIpc) is 2.77. The molecule has 0 unspecified atom stereocenters. The Morgan fingerprint density at radius 3 is 2.52 bits per heavy atom. The second-order valence-electron chi connectivity index (χ2n) is 6.51. The minimum Gasteiger partial charge on any atom is -0.497 e. The Morgan fingerprint density at radius 2 is 1.90 bits per heavy atom. The molecule has 3 rings (SSSR count). The third-order valence-electron chi connectivity index (χ3n) is 4.78. The number of guanidine groups is 1. The molecule has 1 N–H and O–H groups in total. The van der Waals surface area contributed by atoms with Crippen LogP contribution in [0.15, 0.2) is 47.6 Å². The highest BCUT2D eigenvalue weighted by Crippen LogP contribution is 2.25. The Kier molecular flexibility index (Phi) is 9.30. The van der Waals surface area contributed by atoms with E-state index in [9.17, 15) is 0 Å². The van der Waals surface area contributed by atoms with Gasteiger partial charge in [0.2, 0.25) is 0 Å². The highest BCUT2D eigenvalue weighted by atomic mass is 127. The molecule has 2 heterocycles. The molecule has 158 valence electrons. The molecular weight excluding hydrogens is 481 g/mol. The molecular formula is C21H30IN5O2. The van der Waals surface area contributed by atoms with Crippen LogP contribution in [0, 0.1) is 0 Å². The maximum Gasteiger partial charge on any atom is 0.194 e. The predicted octanol–water partition coefficient (Wildman–Crippen LogP) is 3.00. The van der Waals surface area contributed by atoms with Crippen molar-refractivity contribution in [2.75, 3.05) is 51.8 Å². The maximum atomic E-state index is 5.49. The smallest absolute Gasteiger partial charge is 0.194 e. The molecule has 1 saturated heterocycles. The fourth-order valence-electron chi connectivity index (χ4n) is 3.26. The molecule has 0 aliphatic carbocycles. The summed E-state index contributed by atoms with van der Waals surface area (Å²) in [5, 5.41) is 3.41. The molecule has 8 heteroatoms. The van der Waals surface area contributed by atoms with Crippen molar-refractivity contribution in [2.45, 2.75) is 13.5 Å². The largest absolute Gasteiger partial charge is 0.497 e. The topological polar surface area (TPSA) is 62.2 Å². The summed E-state index contributed by atoms with van der Waals surface area (Å²) in [7, 11) is 3.32. The van der Waals surface area contributed by atoms with E-state index in [2.05, 4.69) is 33.1 Å². The molecule has 0 radical (unpaired) electrons. The fraction of sp³-hybridized carbons (Fsp3) is 0.429. The average molecular weight is 511 g/mol. The van der Waals surface area contributed by atoms with Gasteiger partial charge in [0.25, 0.3) is 0 Å². The highest BCUT2D eigenvalue weighted by molar-refractivity contribution is 14.0. The lowest BCUT2D eigenvalue weighted by atomic mass is 10.2. The number of piperazine rings is 1. The maximum absolute atomic E-state index is 5.49. The van der Waals surface area contributed by atoms with Gasteiger partial charge in [0, 0.05) is 50.6 Å². The van der Waals surface area contributed by atoms with Crippen molar-refractivity contribution in [3.05, 3.63) is 48.2 Å². The zero-order chi connectivity index (χ0) is 19.8. The van der Waals surface area contributed by atoms with Crippen molar-refractivity contribution in [1.29, 1.82) is 0 Å². The van der Waals surface area contributed by atoms with Crippen molar-refractivity contribution < 1.29 is 9.47 Å². The van der Waals surface area contributed by atoms with Crippen molar-refractivity contribution in [2.24, 2.45) is 4.99 Å². The number of methoxy groups -OCH3 is 2. The molecule has 1 fully saturated rings. The van der Waals surface area contributed by atoms with Gasteiger partial charge < -0.3 is 24.6 Å². The first-order valence-electron chi connectivity index (χ1n) is 9.65. The Bertz CT molecular complexity index is 780. The second kappa shape index (κ2) is 11.7. The van der Waals surface area contributed by atoms with Crippen LogP contribution in [-0.4, -0.2) is 62.8 Å². The van der Waals surface area contributed by atoms with Gasteiger partial charge in [-0.1, -0.05) is 6.07 Å². The molecule has 29 heavy (non-hydrogen) atoms. The number of anilines is 1. The minimum atomic E-state index is 0. The summed E-state index contributed by atoms with van der Waals surface area (Å²) in [4.78, 5) is 13.9. The third-order valence-corrected chi connectivity index (χ3v) is 4.78. The van der Waals surface area contributed by atoms with E-state index >= 15 is 0 Å². The van der Waals surface area contributed by atoms with Gasteiger partial charge in [-0.05, 0) is 31.2 Å². The minimum absolute atomic E-state index is 0. The fourth-order valence-corrected chi connectivity index (χ4v) is 3.26. The van der Waals surface area contributed by atoms with Gasteiger partial charge in [-0.25, -0.2) is 9.98 Å². The van der Waals surface area contributed by atoms with Crippen molar-refractivity contribution in [1.82, 2.24) is 15.2 Å². The molecule has 0 bridgehead atoms. The van der Waals surface area contributed by atoms with Gasteiger partial charge in [-0.3, -0.25) is 0 Å². The van der Waals surface area contributed by atoms with E-state index in [0.29, 0.717) is 6.54 Å². The van der Waals surface area contributed by atoms with E-state index in [1.807, 2.05) is 36.5 Å². The number of nitrogens with one attached hydrogen (secondary N) is 1. The molecule has 2 aromatic rings. The number of rotatable bonds is 6. The zero-order valence-corrected chi connectivity index (χ0v) is 19.6. The van der Waals surface area contributed by atoms with Gasteiger partial charge in [-0.15, -0.1) is 24.0 Å². The summed E-state index contributed by atoms with van der Waals surface area (Å²) < 4.78 is 10.8. The van der Waals surface area contributed by atoms with E-state index in [0.717, 1.165) is 61.6 Å². The quantitative estimate of drug-likeness (QED) is 0.366. The number of benzene rings is 1. The summed E-state index contributed by atoms with van der Waals surface area (Å²) in [6.07, 6.45) is 1.84. The molecule has 1 aliphatic rings. The Labute approximate surface area is 190 Å². The summed E-state index contributed by atoms with van der Waals surface area (Å²) in [5.41, 5.74) is 1.03. The van der Waals surface area contributed by atoms with Crippen molar-refractivity contribution in [3.63, 3.8) is 0 Å². The highest BCUT2D eigenvalue weighted by Gasteiger charge is 2.20. The van der Waals surface area contributed by atoms with Crippen LogP contribution in [0.5, 0.6) is 11.5 Å². The molecule has 1 aromatic heterocycles. The van der Waals surface area contributed by atoms with E-state index in [1.165, 1.54) is 0 Å². The van der Waals surface area contributed by atoms with Gasteiger partial charge in [0.1, 0.15) is 17.3 Å². The van der Waals surface area contributed by atoms with Gasteiger partial charge in [-0.2, -0.15) is 0 Å². The number of ether oxygens (including phenoxy) is 2. The molecule has 0 atom stereocenters. The first-order valence-corrected chi connectivity index (χ1v) is 9.65. The first-order chi connectivity index (χ1) is 13.7. The number of aromatic nitrogens is 1. The molecule has 7 nitrogen and oxygen atoms in total. The summed E-state index contributed by atoms with van der Waals surface area (Å²) >= 11 is 0. The van der Waals surface area contributed by atoms with Crippen LogP contribution in [0.4, 0.5) is 5.82 Å². The Balaban J connectivity index is 0.00000300. The SMILES string of the molecule is CCNC(=NCc1ccc(OC)cc1OC)N1CCN(c2ccccn2)CC1.I. The summed E-state index contributed by atoms with van der Waals surface area (Å²) in [6.45, 7) is 7.13. The molecule has 0 saturated carbocycles. The second-order valence-corrected chi connectivity index (χ2v) is 6.51. The van der Waals surface area contributed by atoms with Crippen LogP contribution in [0.2, 0.25) is 0 Å². The van der Waals surface area contributed by atoms with Crippen LogP contribution in [0.1, 0.15) is 12.5 Å². The normalized spacial score (nSPS) is 14.2. The van der Waals surface area contributed by atoms with Gasteiger partial charge >= 0.3 is 0 Å². The van der Waals surface area contributed by atoms with Gasteiger partial charge in [0.15, 0.2) is 5.96 Å². The third kappa shape index (κ3) is 6.12. The number of pyridine rings is 1. The molecule has 1 aliphatic heterocycles. The lowest BCUT2D eigenvalue weighted by molar-refractivity contribution is 0.371. The van der Waals surface area contributed by atoms with Crippen LogP contribution < -0.4 is 19.7 Å². The standard InChI is InChI=1S/C21H29N5O2.HI/c1-4-22-21(24-16-17-8-9-18(27-2)15-19(17)28-3)26-13-11-25(12-14-26)20-7-5-6-10-23-20;/h5-10,15H,4,11-14,16H2,1-3H3,(H,22,24);1H. The van der Waals surface area contributed by atoms with Crippen molar-refractivity contribution in [3.8, 4) is 11.5 Å².